The van der Waals surface area contributed by atoms with E-state index >= 15 is 0 Å². The molecule has 2 aromatic heterocycles. The Balaban J connectivity index is 1.25. The number of primary sulfonamides is 1. The van der Waals surface area contributed by atoms with Gasteiger partial charge in [0.2, 0.25) is 10.0 Å². The minimum Gasteiger partial charge on any atom is -0.356 e. The third kappa shape index (κ3) is 5.94. The molecule has 0 spiro atoms. The average molecular weight is 506 g/mol. The molecule has 1 aromatic carbocycles. The van der Waals surface area contributed by atoms with Gasteiger partial charge in [-0.15, -0.1) is 0 Å². The second-order valence-electron chi connectivity index (χ2n) is 9.13. The van der Waals surface area contributed by atoms with Gasteiger partial charge in [-0.1, -0.05) is 12.1 Å². The molecule has 9 nitrogen and oxygen atoms in total. The van der Waals surface area contributed by atoms with Crippen LogP contribution in [0.3, 0.4) is 0 Å². The van der Waals surface area contributed by atoms with Gasteiger partial charge in [0, 0.05) is 19.3 Å². The topological polar surface area (TPSA) is 139 Å². The normalized spacial score (nSPS) is 19.4. The average Bonchev–Trinajstić information content (AvgIpc) is 3.27. The molecule has 0 unspecified atom stereocenters. The van der Waals surface area contributed by atoms with Gasteiger partial charge in [0.15, 0.2) is 9.84 Å². The van der Waals surface area contributed by atoms with E-state index in [0.717, 1.165) is 48.1 Å². The number of aryl methyl sites for hydroxylation is 1. The molecular formula is C23H31N5O4S2. The number of nitrogens with zero attached hydrogens (tertiary/aromatic N) is 3. The Morgan fingerprint density at radius 1 is 1.03 bits per heavy atom. The number of fused-ring (bicyclic) bond motifs is 1. The van der Waals surface area contributed by atoms with E-state index in [2.05, 4.69) is 19.9 Å². The van der Waals surface area contributed by atoms with Crippen molar-refractivity contribution in [1.29, 1.82) is 0 Å². The predicted octanol–water partition coefficient (Wildman–Crippen LogP) is 2.65. The molecule has 184 valence electrons. The largest absolute Gasteiger partial charge is 0.356 e. The molecule has 34 heavy (non-hydrogen) atoms. The SMILES string of the molecule is CN(c1ncnc2[nH]ccc12)C1CCC(CS(=O)(=O)CCCc2ccc(S(N)(=O)=O)cc2)CC1. The van der Waals surface area contributed by atoms with Gasteiger partial charge in [-0.3, -0.25) is 0 Å². The van der Waals surface area contributed by atoms with Gasteiger partial charge in [-0.25, -0.2) is 31.9 Å². The lowest BCUT2D eigenvalue weighted by atomic mass is 9.86. The van der Waals surface area contributed by atoms with E-state index < -0.39 is 19.9 Å². The van der Waals surface area contributed by atoms with Crippen molar-refractivity contribution in [2.24, 2.45) is 11.1 Å². The fourth-order valence-electron chi connectivity index (χ4n) is 4.80. The van der Waals surface area contributed by atoms with Crippen LogP contribution in [0, 0.1) is 5.92 Å². The first-order valence-electron chi connectivity index (χ1n) is 11.5. The van der Waals surface area contributed by atoms with Crippen molar-refractivity contribution in [3.63, 3.8) is 0 Å². The van der Waals surface area contributed by atoms with E-state index in [4.69, 9.17) is 5.14 Å². The fraction of sp³-hybridized carbons (Fsp3) is 0.478. The zero-order valence-corrected chi connectivity index (χ0v) is 20.9. The van der Waals surface area contributed by atoms with Crippen LogP contribution in [0.1, 0.15) is 37.7 Å². The van der Waals surface area contributed by atoms with Gasteiger partial charge in [0.25, 0.3) is 0 Å². The van der Waals surface area contributed by atoms with Crippen LogP contribution in [0.2, 0.25) is 0 Å². The lowest BCUT2D eigenvalue weighted by Crippen LogP contribution is -2.37. The molecule has 1 aliphatic carbocycles. The third-order valence-corrected chi connectivity index (χ3v) is 9.51. The number of benzene rings is 1. The summed E-state index contributed by atoms with van der Waals surface area (Å²) < 4.78 is 48.1. The van der Waals surface area contributed by atoms with Gasteiger partial charge < -0.3 is 9.88 Å². The molecule has 2 heterocycles. The number of hydrogen-bond donors (Lipinski definition) is 2. The Labute approximate surface area is 200 Å². The van der Waals surface area contributed by atoms with Crippen molar-refractivity contribution in [1.82, 2.24) is 15.0 Å². The minimum atomic E-state index is -3.72. The summed E-state index contributed by atoms with van der Waals surface area (Å²) in [6.07, 6.45) is 8.14. The summed E-state index contributed by atoms with van der Waals surface area (Å²) in [7, 11) is -4.82. The molecule has 3 aromatic rings. The zero-order valence-electron chi connectivity index (χ0n) is 19.2. The van der Waals surface area contributed by atoms with Crippen LogP contribution in [0.4, 0.5) is 5.82 Å². The van der Waals surface area contributed by atoms with E-state index in [1.807, 2.05) is 19.3 Å². The highest BCUT2D eigenvalue weighted by molar-refractivity contribution is 7.91. The molecule has 0 atom stereocenters. The van der Waals surface area contributed by atoms with Crippen LogP contribution < -0.4 is 10.0 Å². The molecule has 0 amide bonds. The molecule has 1 saturated carbocycles. The van der Waals surface area contributed by atoms with Crippen molar-refractivity contribution in [2.45, 2.75) is 49.5 Å². The summed E-state index contributed by atoms with van der Waals surface area (Å²) in [4.78, 5) is 14.1. The fourth-order valence-corrected chi connectivity index (χ4v) is 7.11. The maximum absolute atomic E-state index is 12.7. The highest BCUT2D eigenvalue weighted by Crippen LogP contribution is 2.32. The molecular weight excluding hydrogens is 474 g/mol. The monoisotopic (exact) mass is 505 g/mol. The van der Waals surface area contributed by atoms with Crippen molar-refractivity contribution >= 4 is 36.7 Å². The number of hydrogen-bond acceptors (Lipinski definition) is 7. The number of aromatic amines is 1. The van der Waals surface area contributed by atoms with Gasteiger partial charge in [0.1, 0.15) is 17.8 Å². The number of H-pyrrole nitrogens is 1. The van der Waals surface area contributed by atoms with Gasteiger partial charge >= 0.3 is 0 Å². The quantitative estimate of drug-likeness (QED) is 0.456. The minimum absolute atomic E-state index is 0.0577. The molecule has 0 saturated heterocycles. The number of nitrogens with one attached hydrogen (secondary N) is 1. The Hall–Kier alpha value is -2.50. The third-order valence-electron chi connectivity index (χ3n) is 6.69. The number of sulfone groups is 1. The summed E-state index contributed by atoms with van der Waals surface area (Å²) in [6.45, 7) is 0. The van der Waals surface area contributed by atoms with Crippen LogP contribution in [-0.2, 0) is 26.3 Å². The van der Waals surface area contributed by atoms with Crippen molar-refractivity contribution in [3.8, 4) is 0 Å². The number of nitrogens with two attached hydrogens (primary N) is 1. The van der Waals surface area contributed by atoms with Gasteiger partial charge in [-0.2, -0.15) is 0 Å². The first-order chi connectivity index (χ1) is 16.1. The second kappa shape index (κ2) is 10.0. The highest BCUT2D eigenvalue weighted by Gasteiger charge is 2.28. The van der Waals surface area contributed by atoms with Gasteiger partial charge in [0.05, 0.1) is 21.8 Å². The molecule has 1 fully saturated rings. The maximum atomic E-state index is 12.7. The van der Waals surface area contributed by atoms with Crippen molar-refractivity contribution in [2.75, 3.05) is 23.5 Å². The number of rotatable bonds is 9. The Morgan fingerprint density at radius 2 is 1.74 bits per heavy atom. The van der Waals surface area contributed by atoms with Crippen LogP contribution >= 0.6 is 0 Å². The van der Waals surface area contributed by atoms with Crippen LogP contribution in [0.5, 0.6) is 0 Å². The zero-order chi connectivity index (χ0) is 24.3. The van der Waals surface area contributed by atoms with E-state index in [1.54, 1.807) is 18.5 Å². The van der Waals surface area contributed by atoms with E-state index in [1.165, 1.54) is 12.1 Å². The van der Waals surface area contributed by atoms with E-state index in [9.17, 15) is 16.8 Å². The molecule has 0 bridgehead atoms. The summed E-state index contributed by atoms with van der Waals surface area (Å²) in [5, 5.41) is 6.10. The van der Waals surface area contributed by atoms with Gasteiger partial charge in [-0.05, 0) is 68.2 Å². The van der Waals surface area contributed by atoms with Crippen LogP contribution in [0.15, 0.2) is 47.8 Å². The molecule has 0 aliphatic heterocycles. The predicted molar refractivity (Wildman–Crippen MR) is 133 cm³/mol. The Kier molecular flexibility index (Phi) is 7.25. The maximum Gasteiger partial charge on any atom is 0.238 e. The number of sulfonamides is 1. The first kappa shape index (κ1) is 24.6. The molecule has 4 rings (SSSR count). The van der Waals surface area contributed by atoms with Crippen molar-refractivity contribution < 1.29 is 16.8 Å². The Bertz CT molecular complexity index is 1330. The standard InChI is InChI=1S/C23H31N5O4S2/c1-28(23-21-12-13-25-22(21)26-16-27-23)19-8-4-18(5-9-19)15-33(29,30)14-2-3-17-6-10-20(11-7-17)34(24,31)32/h6-7,10-13,16,18-19H,2-5,8-9,14-15H2,1H3,(H2,24,31,32)(H,25,26,27). The van der Waals surface area contributed by atoms with Crippen LogP contribution in [-0.4, -0.2) is 56.4 Å². The highest BCUT2D eigenvalue weighted by atomic mass is 32.2. The first-order valence-corrected chi connectivity index (χ1v) is 14.8. The lowest BCUT2D eigenvalue weighted by Gasteiger charge is -2.35. The van der Waals surface area contributed by atoms with Crippen molar-refractivity contribution in [3.05, 3.63) is 48.4 Å². The number of anilines is 1. The summed E-state index contributed by atoms with van der Waals surface area (Å²) in [5.41, 5.74) is 1.71. The van der Waals surface area contributed by atoms with E-state index in [0.29, 0.717) is 18.9 Å². The summed E-state index contributed by atoms with van der Waals surface area (Å²) in [5.74, 6) is 1.44. The van der Waals surface area contributed by atoms with E-state index in [-0.39, 0.29) is 22.3 Å². The summed E-state index contributed by atoms with van der Waals surface area (Å²) in [6, 6.07) is 8.58. The molecule has 0 radical (unpaired) electrons. The molecule has 1 aliphatic rings. The summed E-state index contributed by atoms with van der Waals surface area (Å²) >= 11 is 0. The molecule has 11 heteroatoms. The lowest BCUT2D eigenvalue weighted by molar-refractivity contribution is 0.340. The number of aromatic nitrogens is 3. The molecule has 3 N–H and O–H groups in total. The Morgan fingerprint density at radius 3 is 2.41 bits per heavy atom. The smallest absolute Gasteiger partial charge is 0.238 e. The van der Waals surface area contributed by atoms with Crippen LogP contribution in [0.25, 0.3) is 11.0 Å². The second-order valence-corrected chi connectivity index (χ2v) is 12.9.